The van der Waals surface area contributed by atoms with Gasteiger partial charge in [0.2, 0.25) is 11.8 Å². The molecule has 1 saturated heterocycles. The highest BCUT2D eigenvalue weighted by Crippen LogP contribution is 2.19. The first kappa shape index (κ1) is 36.4. The molecular weight excluding hydrogens is 608 g/mol. The maximum atomic E-state index is 13.8. The predicted molar refractivity (Wildman–Crippen MR) is 185 cm³/mol. The minimum Gasteiger partial charge on any atom is -0.489 e. The van der Waals surface area contributed by atoms with Gasteiger partial charge in [0, 0.05) is 19.5 Å². The Morgan fingerprint density at radius 2 is 1.35 bits per heavy atom. The van der Waals surface area contributed by atoms with Crippen molar-refractivity contribution < 1.29 is 29.3 Å². The number of aliphatic hydroxyl groups is 2. The van der Waals surface area contributed by atoms with E-state index in [4.69, 9.17) is 4.74 Å². The van der Waals surface area contributed by atoms with Crippen LogP contribution >= 0.6 is 0 Å². The summed E-state index contributed by atoms with van der Waals surface area (Å²) in [5, 5.41) is 29.6. The number of benzene rings is 3. The number of carbonyl (C=O) groups is 3. The molecule has 1 aliphatic heterocycles. The Morgan fingerprint density at radius 1 is 0.750 bits per heavy atom. The number of hydrogen-bond acceptors (Lipinski definition) is 6. The van der Waals surface area contributed by atoms with Gasteiger partial charge in [0.15, 0.2) is 0 Å². The molecule has 10 heteroatoms. The fraction of sp³-hybridized carbons (Fsp3) is 0.447. The van der Waals surface area contributed by atoms with Gasteiger partial charge in [-0.25, -0.2) is 4.79 Å². The Morgan fingerprint density at radius 3 is 1.96 bits per heavy atom. The molecule has 0 aromatic heterocycles. The Bertz CT molecular complexity index is 1410. The van der Waals surface area contributed by atoms with E-state index in [1.165, 1.54) is 0 Å². The molecule has 0 radical (unpaired) electrons. The first-order chi connectivity index (χ1) is 23.2. The van der Waals surface area contributed by atoms with E-state index in [-0.39, 0.29) is 18.4 Å². The van der Waals surface area contributed by atoms with Gasteiger partial charge in [-0.15, -0.1) is 0 Å². The van der Waals surface area contributed by atoms with Crippen LogP contribution in [0.25, 0.3) is 0 Å². The van der Waals surface area contributed by atoms with Crippen molar-refractivity contribution in [2.45, 2.75) is 83.2 Å². The fourth-order valence-corrected chi connectivity index (χ4v) is 5.79. The van der Waals surface area contributed by atoms with Crippen molar-refractivity contribution in [2.75, 3.05) is 19.7 Å². The second kappa shape index (κ2) is 18.8. The van der Waals surface area contributed by atoms with Crippen LogP contribution in [0.3, 0.4) is 0 Å². The minimum atomic E-state index is -1.17. The largest absolute Gasteiger partial charge is 0.489 e. The van der Waals surface area contributed by atoms with E-state index in [1.54, 1.807) is 29.2 Å². The molecule has 3 aromatic carbocycles. The molecular formula is C38H50N4O6. The summed E-state index contributed by atoms with van der Waals surface area (Å²) in [5.41, 5.74) is 2.34. The predicted octanol–water partition coefficient (Wildman–Crippen LogP) is 4.50. The van der Waals surface area contributed by atoms with Crippen molar-refractivity contribution in [3.8, 4) is 5.75 Å². The zero-order valence-electron chi connectivity index (χ0n) is 28.0. The van der Waals surface area contributed by atoms with Crippen LogP contribution in [0.5, 0.6) is 5.75 Å². The zero-order chi connectivity index (χ0) is 34.3. The van der Waals surface area contributed by atoms with Gasteiger partial charge >= 0.3 is 6.03 Å². The lowest BCUT2D eigenvalue weighted by Crippen LogP contribution is -2.58. The second-order valence-electron chi connectivity index (χ2n) is 12.9. The molecule has 0 spiro atoms. The first-order valence-corrected chi connectivity index (χ1v) is 17.0. The summed E-state index contributed by atoms with van der Waals surface area (Å²) < 4.78 is 5.91. The van der Waals surface area contributed by atoms with Gasteiger partial charge in [0.25, 0.3) is 0 Å². The van der Waals surface area contributed by atoms with E-state index < -0.39 is 42.7 Å². The Kier molecular flexibility index (Phi) is 14.3. The Hall–Kier alpha value is -4.41. The smallest absolute Gasteiger partial charge is 0.318 e. The van der Waals surface area contributed by atoms with E-state index in [2.05, 4.69) is 16.0 Å². The molecule has 0 saturated carbocycles. The number of nitrogens with one attached hydrogen (secondary N) is 3. The first-order valence-electron chi connectivity index (χ1n) is 17.0. The summed E-state index contributed by atoms with van der Waals surface area (Å²) >= 11 is 0. The number of hydrogen-bond donors (Lipinski definition) is 5. The molecule has 1 aliphatic rings. The van der Waals surface area contributed by atoms with Gasteiger partial charge in [0.1, 0.15) is 30.5 Å². The molecule has 0 bridgehead atoms. The van der Waals surface area contributed by atoms with E-state index in [9.17, 15) is 24.6 Å². The summed E-state index contributed by atoms with van der Waals surface area (Å²) in [6.07, 6.45) is 3.35. The van der Waals surface area contributed by atoms with Crippen molar-refractivity contribution in [3.05, 3.63) is 102 Å². The molecule has 2 unspecified atom stereocenters. The number of aliphatic hydroxyl groups excluding tert-OH is 2. The molecule has 1 heterocycles. The molecule has 4 atom stereocenters. The van der Waals surface area contributed by atoms with E-state index in [0.717, 1.165) is 36.8 Å². The van der Waals surface area contributed by atoms with E-state index in [0.29, 0.717) is 37.4 Å². The standard InChI is InChI=1S/C38H50N4O6/c1-27(2)23-32(41-38(47)42-21-11-3-4-12-22-42)36(45)39-33(37(46)40-34(25-43)35(44)30-15-9-6-10-16-30)24-28-17-19-31(20-18-28)48-26-29-13-7-5-8-14-29/h5-10,13-20,27,32-35,43-44H,3-4,11-12,21-26H2,1-2H3,(H,39,45)(H,40,46)(H,41,47)/t32-,33-,34?,35?/m0/s1. The van der Waals surface area contributed by atoms with Crippen molar-refractivity contribution in [2.24, 2.45) is 5.92 Å². The lowest BCUT2D eigenvalue weighted by atomic mass is 9.99. The lowest BCUT2D eigenvalue weighted by Gasteiger charge is -2.29. The summed E-state index contributed by atoms with van der Waals surface area (Å²) in [7, 11) is 0. The third kappa shape index (κ3) is 11.4. The SMILES string of the molecule is CC(C)C[C@H](NC(=O)N1CCCCCC1)C(=O)N[C@@H](Cc1ccc(OCc2ccccc2)cc1)C(=O)NC(CO)C(O)c1ccccc1. The maximum Gasteiger partial charge on any atom is 0.318 e. The highest BCUT2D eigenvalue weighted by molar-refractivity contribution is 5.92. The minimum absolute atomic E-state index is 0.0979. The third-order valence-electron chi connectivity index (χ3n) is 8.51. The van der Waals surface area contributed by atoms with E-state index >= 15 is 0 Å². The van der Waals surface area contributed by atoms with Crippen LogP contribution in [0.2, 0.25) is 0 Å². The molecule has 0 aliphatic carbocycles. The number of amides is 4. The van der Waals surface area contributed by atoms with Crippen LogP contribution in [0.1, 0.15) is 68.7 Å². The molecule has 48 heavy (non-hydrogen) atoms. The van der Waals surface area contributed by atoms with Crippen LogP contribution in [0.15, 0.2) is 84.9 Å². The van der Waals surface area contributed by atoms with Gasteiger partial charge in [-0.05, 0) is 54.0 Å². The van der Waals surface area contributed by atoms with Crippen LogP contribution < -0.4 is 20.7 Å². The quantitative estimate of drug-likeness (QED) is 0.163. The molecule has 3 aromatic rings. The summed E-state index contributed by atoms with van der Waals surface area (Å²) in [6.45, 7) is 5.13. The van der Waals surface area contributed by atoms with Crippen molar-refractivity contribution >= 4 is 17.8 Å². The highest BCUT2D eigenvalue weighted by atomic mass is 16.5. The number of carbonyl (C=O) groups excluding carboxylic acids is 3. The number of rotatable bonds is 15. The monoisotopic (exact) mass is 658 g/mol. The summed E-state index contributed by atoms with van der Waals surface area (Å²) in [5.74, 6) is -0.282. The Labute approximate surface area is 283 Å². The van der Waals surface area contributed by atoms with Crippen molar-refractivity contribution in [1.82, 2.24) is 20.9 Å². The molecule has 5 N–H and O–H groups in total. The Balaban J connectivity index is 1.50. The van der Waals surface area contributed by atoms with Crippen LogP contribution in [0, 0.1) is 5.92 Å². The number of likely N-dealkylation sites (tertiary alicyclic amines) is 1. The van der Waals surface area contributed by atoms with Gasteiger partial charge in [-0.2, -0.15) is 0 Å². The molecule has 4 amide bonds. The third-order valence-corrected chi connectivity index (χ3v) is 8.51. The van der Waals surface area contributed by atoms with Gasteiger partial charge in [-0.1, -0.05) is 99.5 Å². The highest BCUT2D eigenvalue weighted by Gasteiger charge is 2.31. The summed E-state index contributed by atoms with van der Waals surface area (Å²) in [6, 6.07) is 22.7. The number of nitrogens with zero attached hydrogens (tertiary/aromatic N) is 1. The van der Waals surface area contributed by atoms with Crippen LogP contribution in [-0.2, 0) is 22.6 Å². The second-order valence-corrected chi connectivity index (χ2v) is 12.9. The molecule has 1 fully saturated rings. The fourth-order valence-electron chi connectivity index (χ4n) is 5.79. The lowest BCUT2D eigenvalue weighted by molar-refractivity contribution is -0.131. The molecule has 4 rings (SSSR count). The van der Waals surface area contributed by atoms with Crippen molar-refractivity contribution in [3.63, 3.8) is 0 Å². The zero-order valence-corrected chi connectivity index (χ0v) is 28.0. The van der Waals surface area contributed by atoms with Gasteiger partial charge in [-0.3, -0.25) is 9.59 Å². The molecule has 10 nitrogen and oxygen atoms in total. The van der Waals surface area contributed by atoms with Crippen molar-refractivity contribution in [1.29, 1.82) is 0 Å². The average Bonchev–Trinajstić information content (AvgIpc) is 3.40. The summed E-state index contributed by atoms with van der Waals surface area (Å²) in [4.78, 5) is 42.6. The van der Waals surface area contributed by atoms with Gasteiger partial charge < -0.3 is 35.8 Å². The maximum absolute atomic E-state index is 13.8. The van der Waals surface area contributed by atoms with E-state index in [1.807, 2.05) is 74.5 Å². The van der Waals surface area contributed by atoms with Crippen LogP contribution in [0.4, 0.5) is 4.79 Å². The average molecular weight is 659 g/mol. The number of urea groups is 1. The normalized spacial score (nSPS) is 15.8. The number of ether oxygens (including phenoxy) is 1. The van der Waals surface area contributed by atoms with Crippen LogP contribution in [-0.4, -0.2) is 70.8 Å². The topological polar surface area (TPSA) is 140 Å². The molecule has 258 valence electrons. The van der Waals surface area contributed by atoms with Gasteiger partial charge in [0.05, 0.1) is 12.6 Å².